The van der Waals surface area contributed by atoms with E-state index in [0.717, 1.165) is 12.3 Å². The van der Waals surface area contributed by atoms with Gasteiger partial charge >= 0.3 is 11.8 Å². The Hall–Kier alpha value is -1.06. The lowest BCUT2D eigenvalue weighted by Crippen LogP contribution is -2.38. The highest BCUT2D eigenvalue weighted by atomic mass is 16.2. The van der Waals surface area contributed by atoms with Crippen molar-refractivity contribution in [2.75, 3.05) is 13.6 Å². The predicted molar refractivity (Wildman–Crippen MR) is 69.5 cm³/mol. The van der Waals surface area contributed by atoms with Crippen molar-refractivity contribution in [1.29, 1.82) is 0 Å². The van der Waals surface area contributed by atoms with Crippen LogP contribution in [-0.4, -0.2) is 25.4 Å². The topological polar surface area (TPSA) is 58.2 Å². The van der Waals surface area contributed by atoms with E-state index in [9.17, 15) is 9.59 Å². The molecule has 0 aliphatic carbocycles. The Morgan fingerprint density at radius 2 is 1.65 bits per heavy atom. The normalized spacial score (nSPS) is 12.3. The first-order valence-corrected chi connectivity index (χ1v) is 6.47. The smallest absolute Gasteiger partial charge is 0.309 e. The van der Waals surface area contributed by atoms with Crippen LogP contribution >= 0.6 is 0 Å². The Bertz CT molecular complexity index is 240. The van der Waals surface area contributed by atoms with E-state index in [-0.39, 0.29) is 0 Å². The molecular weight excluding hydrogens is 216 g/mol. The van der Waals surface area contributed by atoms with Crippen LogP contribution in [0.1, 0.15) is 46.5 Å². The maximum atomic E-state index is 11.1. The number of carbonyl (C=O) groups is 2. The summed E-state index contributed by atoms with van der Waals surface area (Å²) in [6.45, 7) is 7.23. The Kier molecular flexibility index (Phi) is 8.46. The van der Waals surface area contributed by atoms with Crippen LogP contribution in [0, 0.1) is 11.8 Å². The van der Waals surface area contributed by atoms with Crippen molar-refractivity contribution in [2.24, 2.45) is 11.8 Å². The zero-order valence-electron chi connectivity index (χ0n) is 11.5. The standard InChI is InChI=1S/C13H26N2O2/c1-10(2)6-5-7-11(3)8-9-15-13(17)12(16)14-4/h10-11H,5-9H2,1-4H3,(H,14,16)(H,15,17). The van der Waals surface area contributed by atoms with Gasteiger partial charge in [0.2, 0.25) is 0 Å². The van der Waals surface area contributed by atoms with E-state index in [1.165, 1.54) is 26.3 Å². The Labute approximate surface area is 105 Å². The number of likely N-dealkylation sites (N-methyl/N-ethyl adjacent to an activating group) is 1. The SMILES string of the molecule is CNC(=O)C(=O)NCCC(C)CCCC(C)C. The predicted octanol–water partition coefficient (Wildman–Crippen LogP) is 1.70. The van der Waals surface area contributed by atoms with Gasteiger partial charge in [0.15, 0.2) is 0 Å². The first kappa shape index (κ1) is 15.9. The summed E-state index contributed by atoms with van der Waals surface area (Å²) < 4.78 is 0. The fourth-order valence-electron chi connectivity index (χ4n) is 1.64. The maximum absolute atomic E-state index is 11.1. The minimum atomic E-state index is -0.572. The van der Waals surface area contributed by atoms with E-state index in [2.05, 4.69) is 31.4 Å². The summed E-state index contributed by atoms with van der Waals surface area (Å²) in [5.41, 5.74) is 0. The van der Waals surface area contributed by atoms with Crippen molar-refractivity contribution >= 4 is 11.8 Å². The highest BCUT2D eigenvalue weighted by molar-refractivity contribution is 6.34. The van der Waals surface area contributed by atoms with Crippen molar-refractivity contribution in [1.82, 2.24) is 10.6 Å². The highest BCUT2D eigenvalue weighted by Crippen LogP contribution is 2.14. The molecule has 0 fully saturated rings. The molecule has 4 heteroatoms. The van der Waals surface area contributed by atoms with Crippen LogP contribution in [0.25, 0.3) is 0 Å². The lowest BCUT2D eigenvalue weighted by atomic mass is 9.97. The second-order valence-corrected chi connectivity index (χ2v) is 5.05. The zero-order chi connectivity index (χ0) is 13.3. The lowest BCUT2D eigenvalue weighted by Gasteiger charge is -2.12. The molecule has 17 heavy (non-hydrogen) atoms. The molecule has 4 nitrogen and oxygen atoms in total. The van der Waals surface area contributed by atoms with Crippen LogP contribution in [0.4, 0.5) is 0 Å². The highest BCUT2D eigenvalue weighted by Gasteiger charge is 2.10. The second kappa shape index (κ2) is 9.02. The third-order valence-electron chi connectivity index (χ3n) is 2.83. The van der Waals surface area contributed by atoms with E-state index in [4.69, 9.17) is 0 Å². The minimum Gasteiger partial charge on any atom is -0.351 e. The van der Waals surface area contributed by atoms with Crippen LogP contribution in [0.15, 0.2) is 0 Å². The number of amides is 2. The molecule has 0 spiro atoms. The Morgan fingerprint density at radius 3 is 2.18 bits per heavy atom. The molecule has 0 saturated carbocycles. The summed E-state index contributed by atoms with van der Waals surface area (Å²) in [5, 5.41) is 4.91. The van der Waals surface area contributed by atoms with Crippen LogP contribution in [0.5, 0.6) is 0 Å². The Balaban J connectivity index is 3.54. The molecule has 0 radical (unpaired) electrons. The largest absolute Gasteiger partial charge is 0.351 e. The van der Waals surface area contributed by atoms with E-state index in [1.807, 2.05) is 0 Å². The third kappa shape index (κ3) is 8.72. The molecule has 2 N–H and O–H groups in total. The molecule has 1 unspecified atom stereocenters. The van der Waals surface area contributed by atoms with Crippen molar-refractivity contribution < 1.29 is 9.59 Å². The van der Waals surface area contributed by atoms with E-state index in [0.29, 0.717) is 12.5 Å². The number of hydrogen-bond acceptors (Lipinski definition) is 2. The first-order valence-electron chi connectivity index (χ1n) is 6.47. The summed E-state index contributed by atoms with van der Waals surface area (Å²) in [6, 6.07) is 0. The van der Waals surface area contributed by atoms with Crippen molar-refractivity contribution in [3.05, 3.63) is 0 Å². The molecule has 2 amide bonds. The Morgan fingerprint density at radius 1 is 1.00 bits per heavy atom. The molecule has 0 aliphatic rings. The summed E-state index contributed by atoms with van der Waals surface area (Å²) in [7, 11) is 1.45. The molecule has 0 aromatic carbocycles. The second-order valence-electron chi connectivity index (χ2n) is 5.05. The molecule has 100 valence electrons. The van der Waals surface area contributed by atoms with Crippen LogP contribution < -0.4 is 10.6 Å². The van der Waals surface area contributed by atoms with Gasteiger partial charge in [-0.1, -0.05) is 40.0 Å². The molecule has 0 aromatic heterocycles. The molecule has 0 aliphatic heterocycles. The fraction of sp³-hybridized carbons (Fsp3) is 0.846. The van der Waals surface area contributed by atoms with Gasteiger partial charge in [0.05, 0.1) is 0 Å². The quantitative estimate of drug-likeness (QED) is 0.668. The molecule has 1 atom stereocenters. The summed E-state index contributed by atoms with van der Waals surface area (Å²) in [6.07, 6.45) is 4.62. The van der Waals surface area contributed by atoms with Gasteiger partial charge < -0.3 is 10.6 Å². The number of hydrogen-bond donors (Lipinski definition) is 2. The van der Waals surface area contributed by atoms with Gasteiger partial charge in [-0.3, -0.25) is 9.59 Å². The summed E-state index contributed by atoms with van der Waals surface area (Å²) in [4.78, 5) is 22.0. The molecule has 0 heterocycles. The minimum absolute atomic E-state index is 0.540. The van der Waals surface area contributed by atoms with E-state index < -0.39 is 11.8 Å². The van der Waals surface area contributed by atoms with Gasteiger partial charge in [-0.15, -0.1) is 0 Å². The zero-order valence-corrected chi connectivity index (χ0v) is 11.5. The van der Waals surface area contributed by atoms with Crippen molar-refractivity contribution in [3.63, 3.8) is 0 Å². The molecule has 0 aromatic rings. The average molecular weight is 242 g/mol. The number of nitrogens with one attached hydrogen (secondary N) is 2. The molecule has 0 rings (SSSR count). The maximum Gasteiger partial charge on any atom is 0.309 e. The summed E-state index contributed by atoms with van der Waals surface area (Å²) in [5.74, 6) is 0.244. The number of rotatable bonds is 7. The fourth-order valence-corrected chi connectivity index (χ4v) is 1.64. The van der Waals surface area contributed by atoms with Gasteiger partial charge in [-0.2, -0.15) is 0 Å². The third-order valence-corrected chi connectivity index (χ3v) is 2.83. The lowest BCUT2D eigenvalue weighted by molar-refractivity contribution is -0.138. The van der Waals surface area contributed by atoms with Gasteiger partial charge in [-0.25, -0.2) is 0 Å². The molecule has 0 saturated heterocycles. The van der Waals surface area contributed by atoms with Gasteiger partial charge in [0, 0.05) is 13.6 Å². The molecule has 0 bridgehead atoms. The van der Waals surface area contributed by atoms with Gasteiger partial charge in [0.25, 0.3) is 0 Å². The van der Waals surface area contributed by atoms with Crippen molar-refractivity contribution in [2.45, 2.75) is 46.5 Å². The summed E-state index contributed by atoms with van der Waals surface area (Å²) >= 11 is 0. The average Bonchev–Trinajstić information content (AvgIpc) is 2.27. The van der Waals surface area contributed by atoms with E-state index >= 15 is 0 Å². The molecular formula is C13H26N2O2. The van der Waals surface area contributed by atoms with Crippen LogP contribution in [0.2, 0.25) is 0 Å². The monoisotopic (exact) mass is 242 g/mol. The van der Waals surface area contributed by atoms with Gasteiger partial charge in [-0.05, 0) is 18.3 Å². The van der Waals surface area contributed by atoms with Crippen LogP contribution in [-0.2, 0) is 9.59 Å². The first-order chi connectivity index (χ1) is 7.97. The van der Waals surface area contributed by atoms with Crippen LogP contribution in [0.3, 0.4) is 0 Å². The van der Waals surface area contributed by atoms with Crippen molar-refractivity contribution in [3.8, 4) is 0 Å². The van der Waals surface area contributed by atoms with Gasteiger partial charge in [0.1, 0.15) is 0 Å². The number of carbonyl (C=O) groups excluding carboxylic acids is 2. The van der Waals surface area contributed by atoms with E-state index in [1.54, 1.807) is 0 Å².